The Hall–Kier alpha value is -1.34. The number of hydrogen-bond acceptors (Lipinski definition) is 3. The van der Waals surface area contributed by atoms with Crippen molar-refractivity contribution in [3.05, 3.63) is 27.7 Å². The molecule has 0 fully saturated rings. The highest BCUT2D eigenvalue weighted by Gasteiger charge is 2.06. The van der Waals surface area contributed by atoms with Crippen LogP contribution in [-0.4, -0.2) is 12.9 Å². The normalized spacial score (nSPS) is 9.71. The maximum Gasteiger partial charge on any atom is 0.153 e. The molecule has 0 heterocycles. The van der Waals surface area contributed by atoms with Gasteiger partial charge >= 0.3 is 0 Å². The lowest BCUT2D eigenvalue weighted by Gasteiger charge is -2.10. The predicted octanol–water partition coefficient (Wildman–Crippen LogP) is 3.64. The second-order valence-electron chi connectivity index (χ2n) is 3.72. The third kappa shape index (κ3) is 4.20. The van der Waals surface area contributed by atoms with Crippen LogP contribution >= 0.6 is 15.9 Å². The van der Waals surface area contributed by atoms with Crippen LogP contribution in [0.4, 0.5) is 0 Å². The van der Waals surface area contributed by atoms with Gasteiger partial charge in [-0.25, -0.2) is 0 Å². The van der Waals surface area contributed by atoms with Crippen LogP contribution in [0.1, 0.15) is 35.2 Å². The maximum atomic E-state index is 10.9. The van der Waals surface area contributed by atoms with Crippen LogP contribution in [0.5, 0.6) is 5.75 Å². The van der Waals surface area contributed by atoms with Gasteiger partial charge in [-0.05, 0) is 37.5 Å². The summed E-state index contributed by atoms with van der Waals surface area (Å²) < 4.78 is 6.47. The zero-order valence-corrected chi connectivity index (χ0v) is 11.3. The van der Waals surface area contributed by atoms with Gasteiger partial charge in [0.2, 0.25) is 0 Å². The van der Waals surface area contributed by atoms with Crippen LogP contribution in [0, 0.1) is 18.3 Å². The summed E-state index contributed by atoms with van der Waals surface area (Å²) in [5.74, 6) is 0.592. The lowest BCUT2D eigenvalue weighted by molar-refractivity contribution is 0.111. The lowest BCUT2D eigenvalue weighted by atomic mass is 10.1. The summed E-state index contributed by atoms with van der Waals surface area (Å²) in [6.07, 6.45) is 2.98. The summed E-state index contributed by atoms with van der Waals surface area (Å²) in [6, 6.07) is 5.69. The Balaban J connectivity index is 2.61. The summed E-state index contributed by atoms with van der Waals surface area (Å²) in [6.45, 7) is 2.45. The molecule has 0 aromatic heterocycles. The minimum absolute atomic E-state index is 0.526. The van der Waals surface area contributed by atoms with Crippen LogP contribution in [0.25, 0.3) is 0 Å². The largest absolute Gasteiger partial charge is 0.493 e. The number of rotatable bonds is 6. The monoisotopic (exact) mass is 295 g/mol. The first-order valence-electron chi connectivity index (χ1n) is 5.44. The third-order valence-electron chi connectivity index (χ3n) is 2.36. The molecule has 0 radical (unpaired) electrons. The van der Waals surface area contributed by atoms with Crippen molar-refractivity contribution < 1.29 is 9.53 Å². The molecule has 17 heavy (non-hydrogen) atoms. The SMILES string of the molecule is Cc1cc(C=O)c(OCCCCC#N)cc1Br. The van der Waals surface area contributed by atoms with E-state index in [-0.39, 0.29) is 0 Å². The van der Waals surface area contributed by atoms with Gasteiger partial charge in [-0.2, -0.15) is 5.26 Å². The van der Waals surface area contributed by atoms with E-state index in [0.29, 0.717) is 24.3 Å². The van der Waals surface area contributed by atoms with Gasteiger partial charge in [0.25, 0.3) is 0 Å². The Labute approximate surface area is 110 Å². The molecule has 0 atom stereocenters. The van der Waals surface area contributed by atoms with Crippen LogP contribution in [0.2, 0.25) is 0 Å². The number of unbranched alkanes of at least 4 members (excludes halogenated alkanes) is 2. The van der Waals surface area contributed by atoms with Crippen molar-refractivity contribution in [1.82, 2.24) is 0 Å². The van der Waals surface area contributed by atoms with Crippen LogP contribution in [0.15, 0.2) is 16.6 Å². The fraction of sp³-hybridized carbons (Fsp3) is 0.385. The summed E-state index contributed by atoms with van der Waals surface area (Å²) >= 11 is 3.40. The highest BCUT2D eigenvalue weighted by molar-refractivity contribution is 9.10. The van der Waals surface area contributed by atoms with Gasteiger partial charge in [0, 0.05) is 10.9 Å². The van der Waals surface area contributed by atoms with E-state index in [1.165, 1.54) is 0 Å². The van der Waals surface area contributed by atoms with Gasteiger partial charge in [0.1, 0.15) is 5.75 Å². The molecule has 0 saturated heterocycles. The van der Waals surface area contributed by atoms with Crippen molar-refractivity contribution in [3.63, 3.8) is 0 Å². The first-order valence-corrected chi connectivity index (χ1v) is 6.23. The van der Waals surface area contributed by atoms with E-state index < -0.39 is 0 Å². The van der Waals surface area contributed by atoms with Gasteiger partial charge in [-0.3, -0.25) is 4.79 Å². The molecule has 0 spiro atoms. The molecule has 0 N–H and O–H groups in total. The van der Waals surface area contributed by atoms with Crippen LogP contribution in [-0.2, 0) is 0 Å². The quantitative estimate of drug-likeness (QED) is 0.595. The van der Waals surface area contributed by atoms with Crippen molar-refractivity contribution in [2.45, 2.75) is 26.2 Å². The van der Waals surface area contributed by atoms with Crippen molar-refractivity contribution in [2.75, 3.05) is 6.61 Å². The molecule has 4 heteroatoms. The first kappa shape index (κ1) is 13.7. The van der Waals surface area contributed by atoms with E-state index in [1.807, 2.05) is 13.0 Å². The highest BCUT2D eigenvalue weighted by atomic mass is 79.9. The molecular formula is C13H14BrNO2. The van der Waals surface area contributed by atoms with E-state index in [2.05, 4.69) is 22.0 Å². The van der Waals surface area contributed by atoms with E-state index in [1.54, 1.807) is 6.07 Å². The minimum Gasteiger partial charge on any atom is -0.493 e. The number of halogens is 1. The zero-order valence-electron chi connectivity index (χ0n) is 9.70. The number of hydrogen-bond donors (Lipinski definition) is 0. The second-order valence-corrected chi connectivity index (χ2v) is 4.58. The van der Waals surface area contributed by atoms with Crippen molar-refractivity contribution in [3.8, 4) is 11.8 Å². The molecule has 0 amide bonds. The Morgan fingerprint density at radius 1 is 1.47 bits per heavy atom. The molecule has 0 aliphatic carbocycles. The number of ether oxygens (including phenoxy) is 1. The average molecular weight is 296 g/mol. The number of carbonyl (C=O) groups is 1. The number of aldehydes is 1. The highest BCUT2D eigenvalue weighted by Crippen LogP contribution is 2.26. The Kier molecular flexibility index (Phi) is 5.71. The second kappa shape index (κ2) is 7.08. The van der Waals surface area contributed by atoms with Gasteiger partial charge in [-0.1, -0.05) is 15.9 Å². The van der Waals surface area contributed by atoms with E-state index in [0.717, 1.165) is 29.2 Å². The topological polar surface area (TPSA) is 50.1 Å². The Morgan fingerprint density at radius 3 is 2.88 bits per heavy atom. The van der Waals surface area contributed by atoms with Crippen molar-refractivity contribution in [2.24, 2.45) is 0 Å². The van der Waals surface area contributed by atoms with E-state index in [4.69, 9.17) is 10.00 Å². The molecule has 1 aromatic carbocycles. The Bertz CT molecular complexity index is 438. The summed E-state index contributed by atoms with van der Waals surface area (Å²) in [4.78, 5) is 10.9. The summed E-state index contributed by atoms with van der Waals surface area (Å²) in [5, 5.41) is 8.39. The molecule has 1 rings (SSSR count). The predicted molar refractivity (Wildman–Crippen MR) is 69.2 cm³/mol. The molecule has 0 unspecified atom stereocenters. The molecule has 3 nitrogen and oxygen atoms in total. The minimum atomic E-state index is 0.526. The van der Waals surface area contributed by atoms with E-state index >= 15 is 0 Å². The molecule has 0 aliphatic rings. The number of aryl methyl sites for hydroxylation is 1. The van der Waals surface area contributed by atoms with Crippen LogP contribution < -0.4 is 4.74 Å². The number of carbonyl (C=O) groups excluding carboxylic acids is 1. The van der Waals surface area contributed by atoms with Crippen molar-refractivity contribution in [1.29, 1.82) is 5.26 Å². The first-order chi connectivity index (χ1) is 8.19. The molecular weight excluding hydrogens is 282 g/mol. The van der Waals surface area contributed by atoms with E-state index in [9.17, 15) is 4.79 Å². The molecule has 0 saturated carbocycles. The smallest absolute Gasteiger partial charge is 0.153 e. The summed E-state index contributed by atoms with van der Waals surface area (Å²) in [5.41, 5.74) is 1.56. The Morgan fingerprint density at radius 2 is 2.24 bits per heavy atom. The zero-order chi connectivity index (χ0) is 12.7. The fourth-order valence-corrected chi connectivity index (χ4v) is 1.71. The summed E-state index contributed by atoms with van der Waals surface area (Å²) in [7, 11) is 0. The van der Waals surface area contributed by atoms with Gasteiger partial charge in [-0.15, -0.1) is 0 Å². The standard InChI is InChI=1S/C13H14BrNO2/c1-10-7-11(9-16)13(8-12(10)14)17-6-4-2-3-5-15/h7-9H,2-4,6H2,1H3. The number of nitrogens with zero attached hydrogens (tertiary/aromatic N) is 1. The van der Waals surface area contributed by atoms with Gasteiger partial charge in [0.05, 0.1) is 18.2 Å². The van der Waals surface area contributed by atoms with Crippen molar-refractivity contribution >= 4 is 22.2 Å². The lowest BCUT2D eigenvalue weighted by Crippen LogP contribution is -2.00. The molecule has 1 aromatic rings. The third-order valence-corrected chi connectivity index (χ3v) is 3.21. The van der Waals surface area contributed by atoms with Crippen LogP contribution in [0.3, 0.4) is 0 Å². The van der Waals surface area contributed by atoms with Gasteiger partial charge < -0.3 is 4.74 Å². The average Bonchev–Trinajstić information content (AvgIpc) is 2.33. The molecule has 90 valence electrons. The maximum absolute atomic E-state index is 10.9. The molecule has 0 bridgehead atoms. The number of benzene rings is 1. The van der Waals surface area contributed by atoms with Gasteiger partial charge in [0.15, 0.2) is 6.29 Å². The number of nitriles is 1. The molecule has 0 aliphatic heterocycles. The fourth-order valence-electron chi connectivity index (χ4n) is 1.39.